The van der Waals surface area contributed by atoms with Gasteiger partial charge in [0.15, 0.2) is 17.5 Å². The smallest absolute Gasteiger partial charge is 0.166 e. The number of aromatic nitrogens is 4. The minimum absolute atomic E-state index is 0.611. The fourth-order valence-corrected chi connectivity index (χ4v) is 9.99. The van der Waals surface area contributed by atoms with E-state index in [0.717, 1.165) is 50.1 Å². The van der Waals surface area contributed by atoms with Gasteiger partial charge in [0.05, 0.1) is 16.7 Å². The van der Waals surface area contributed by atoms with Crippen molar-refractivity contribution in [2.24, 2.45) is 0 Å². The molecule has 60 heavy (non-hydrogen) atoms. The van der Waals surface area contributed by atoms with Gasteiger partial charge in [0.25, 0.3) is 0 Å². The maximum absolute atomic E-state index is 5.32. The average molecular weight is 783 g/mol. The zero-order valence-electron chi connectivity index (χ0n) is 32.3. The van der Waals surface area contributed by atoms with Gasteiger partial charge in [-0.05, 0) is 69.4 Å². The fourth-order valence-electron chi connectivity index (χ4n) is 8.75. The van der Waals surface area contributed by atoms with Gasteiger partial charge >= 0.3 is 0 Å². The number of para-hydroxylation sites is 2. The van der Waals surface area contributed by atoms with Crippen molar-refractivity contribution in [3.8, 4) is 62.1 Å². The molecule has 0 amide bonds. The lowest BCUT2D eigenvalue weighted by atomic mass is 9.98. The third-order valence-corrected chi connectivity index (χ3v) is 12.9. The van der Waals surface area contributed by atoms with Gasteiger partial charge in [-0.1, -0.05) is 170 Å². The van der Waals surface area contributed by atoms with E-state index in [0.29, 0.717) is 17.5 Å². The van der Waals surface area contributed by atoms with Gasteiger partial charge in [0.1, 0.15) is 0 Å². The standard InChI is InChI=1S/C55H34N4S/c1-2-14-37(15-3-1)53-56-54(38-28-26-36(27-29-38)42-20-12-21-46-45-19-8-11-24-51(45)60-52(42)46)58-55(57-53)47-32-31-41(40-30-25-35-13-4-5-16-39(35)33-40)34-50(47)59-48-22-9-6-17-43(48)44-18-7-10-23-49(44)59/h1-34H. The Hall–Kier alpha value is -7.73. The molecule has 3 aromatic heterocycles. The van der Waals surface area contributed by atoms with Crippen molar-refractivity contribution < 1.29 is 0 Å². The molecular formula is C55H34N4S. The van der Waals surface area contributed by atoms with Crippen LogP contribution in [0.15, 0.2) is 206 Å². The van der Waals surface area contributed by atoms with E-state index in [1.165, 1.54) is 47.3 Å². The van der Waals surface area contributed by atoms with E-state index in [9.17, 15) is 0 Å². The van der Waals surface area contributed by atoms with Gasteiger partial charge < -0.3 is 4.57 Å². The van der Waals surface area contributed by atoms with Crippen LogP contribution in [0.4, 0.5) is 0 Å². The molecule has 5 heteroatoms. The number of hydrogen-bond acceptors (Lipinski definition) is 4. The van der Waals surface area contributed by atoms with Gasteiger partial charge in [0, 0.05) is 47.6 Å². The van der Waals surface area contributed by atoms with Crippen LogP contribution in [0.3, 0.4) is 0 Å². The van der Waals surface area contributed by atoms with Crippen LogP contribution in [-0.2, 0) is 0 Å². The maximum Gasteiger partial charge on any atom is 0.166 e. The fraction of sp³-hybridized carbons (Fsp3) is 0. The molecule has 280 valence electrons. The summed E-state index contributed by atoms with van der Waals surface area (Å²) in [5, 5.41) is 7.41. The van der Waals surface area contributed by atoms with Crippen LogP contribution in [0, 0.1) is 0 Å². The zero-order chi connectivity index (χ0) is 39.6. The topological polar surface area (TPSA) is 43.6 Å². The van der Waals surface area contributed by atoms with Gasteiger partial charge in [0.2, 0.25) is 0 Å². The highest BCUT2D eigenvalue weighted by Crippen LogP contribution is 2.41. The Kier molecular flexibility index (Phi) is 8.00. The van der Waals surface area contributed by atoms with Crippen LogP contribution < -0.4 is 0 Å². The predicted molar refractivity (Wildman–Crippen MR) is 252 cm³/mol. The molecule has 0 bridgehead atoms. The molecular weight excluding hydrogens is 749 g/mol. The molecule has 9 aromatic carbocycles. The van der Waals surface area contributed by atoms with Gasteiger partial charge in [-0.25, -0.2) is 15.0 Å². The summed E-state index contributed by atoms with van der Waals surface area (Å²) in [6.45, 7) is 0. The van der Waals surface area contributed by atoms with E-state index in [-0.39, 0.29) is 0 Å². The summed E-state index contributed by atoms with van der Waals surface area (Å²) in [6.07, 6.45) is 0. The highest BCUT2D eigenvalue weighted by atomic mass is 32.1. The first kappa shape index (κ1) is 34.3. The second-order valence-electron chi connectivity index (χ2n) is 15.2. The third-order valence-electron chi connectivity index (χ3n) is 11.7. The summed E-state index contributed by atoms with van der Waals surface area (Å²) >= 11 is 1.85. The number of nitrogens with zero attached hydrogens (tertiary/aromatic N) is 4. The molecule has 12 rings (SSSR count). The number of benzene rings is 9. The van der Waals surface area contributed by atoms with Crippen molar-refractivity contribution in [3.63, 3.8) is 0 Å². The Morgan fingerprint density at radius 3 is 1.65 bits per heavy atom. The summed E-state index contributed by atoms with van der Waals surface area (Å²) < 4.78 is 4.97. The molecule has 4 nitrogen and oxygen atoms in total. The molecule has 0 saturated heterocycles. The molecule has 0 radical (unpaired) electrons. The van der Waals surface area contributed by atoms with Crippen molar-refractivity contribution in [1.82, 2.24) is 19.5 Å². The summed E-state index contributed by atoms with van der Waals surface area (Å²) in [7, 11) is 0. The Morgan fingerprint density at radius 2 is 0.883 bits per heavy atom. The Balaban J connectivity index is 1.06. The molecule has 0 N–H and O–H groups in total. The van der Waals surface area contributed by atoms with Crippen LogP contribution in [0.5, 0.6) is 0 Å². The van der Waals surface area contributed by atoms with Gasteiger partial charge in [-0.2, -0.15) is 0 Å². The molecule has 0 aliphatic heterocycles. The van der Waals surface area contributed by atoms with Crippen molar-refractivity contribution in [1.29, 1.82) is 0 Å². The normalized spacial score (nSPS) is 11.7. The summed E-state index contributed by atoms with van der Waals surface area (Å²) in [4.78, 5) is 15.7. The Bertz CT molecular complexity index is 3550. The highest BCUT2D eigenvalue weighted by Gasteiger charge is 2.21. The van der Waals surface area contributed by atoms with Crippen LogP contribution in [0.25, 0.3) is 115 Å². The zero-order valence-corrected chi connectivity index (χ0v) is 33.1. The van der Waals surface area contributed by atoms with Crippen LogP contribution in [-0.4, -0.2) is 19.5 Å². The lowest BCUT2D eigenvalue weighted by Gasteiger charge is -2.16. The monoisotopic (exact) mass is 782 g/mol. The molecule has 12 aromatic rings. The quantitative estimate of drug-likeness (QED) is 0.169. The minimum atomic E-state index is 0.611. The second-order valence-corrected chi connectivity index (χ2v) is 16.2. The van der Waals surface area contributed by atoms with Gasteiger partial charge in [-0.3, -0.25) is 0 Å². The van der Waals surface area contributed by atoms with Crippen molar-refractivity contribution >= 4 is 64.1 Å². The second kappa shape index (κ2) is 14.0. The van der Waals surface area contributed by atoms with E-state index >= 15 is 0 Å². The molecule has 0 spiro atoms. The van der Waals surface area contributed by atoms with E-state index < -0.39 is 0 Å². The van der Waals surface area contributed by atoms with Crippen LogP contribution >= 0.6 is 11.3 Å². The van der Waals surface area contributed by atoms with E-state index in [1.54, 1.807) is 0 Å². The SMILES string of the molecule is c1ccc(-c2nc(-c3ccc(-c4cccc5c4sc4ccccc45)cc3)nc(-c3ccc(-c4ccc5ccccc5c4)cc3-n3c4ccccc4c4ccccc43)n2)cc1. The molecule has 0 aliphatic rings. The largest absolute Gasteiger partial charge is 0.308 e. The minimum Gasteiger partial charge on any atom is -0.308 e. The third kappa shape index (κ3) is 5.70. The first-order valence-corrected chi connectivity index (χ1v) is 21.0. The average Bonchev–Trinajstić information content (AvgIpc) is 3.87. The van der Waals surface area contributed by atoms with Crippen molar-refractivity contribution in [3.05, 3.63) is 206 Å². The van der Waals surface area contributed by atoms with E-state index in [4.69, 9.17) is 15.0 Å². The first-order valence-electron chi connectivity index (χ1n) is 20.2. The number of rotatable bonds is 6. The van der Waals surface area contributed by atoms with E-state index in [2.05, 4.69) is 193 Å². The molecule has 0 unspecified atom stereocenters. The lowest BCUT2D eigenvalue weighted by molar-refractivity contribution is 1.06. The number of fused-ring (bicyclic) bond motifs is 7. The summed E-state index contributed by atoms with van der Waals surface area (Å²) in [6, 6.07) is 73.4. The lowest BCUT2D eigenvalue weighted by Crippen LogP contribution is -2.04. The molecule has 0 saturated carbocycles. The van der Waals surface area contributed by atoms with Gasteiger partial charge in [-0.15, -0.1) is 11.3 Å². The van der Waals surface area contributed by atoms with Crippen molar-refractivity contribution in [2.45, 2.75) is 0 Å². The maximum atomic E-state index is 5.32. The van der Waals surface area contributed by atoms with Crippen LogP contribution in [0.1, 0.15) is 0 Å². The summed E-state index contributed by atoms with van der Waals surface area (Å²) in [5.41, 5.74) is 10.7. The van der Waals surface area contributed by atoms with Crippen molar-refractivity contribution in [2.75, 3.05) is 0 Å². The summed E-state index contributed by atoms with van der Waals surface area (Å²) in [5.74, 6) is 1.86. The van der Waals surface area contributed by atoms with E-state index in [1.807, 2.05) is 29.5 Å². The highest BCUT2D eigenvalue weighted by molar-refractivity contribution is 7.26. The number of thiophene rings is 1. The number of hydrogen-bond donors (Lipinski definition) is 0. The molecule has 3 heterocycles. The first-order chi connectivity index (χ1) is 29.7. The predicted octanol–water partition coefficient (Wildman–Crippen LogP) is 14.8. The molecule has 0 fully saturated rings. The Labute approximate surface area is 350 Å². The molecule has 0 atom stereocenters. The molecule has 0 aliphatic carbocycles. The Morgan fingerprint density at radius 1 is 0.333 bits per heavy atom. The van der Waals surface area contributed by atoms with Crippen LogP contribution in [0.2, 0.25) is 0 Å².